The van der Waals surface area contributed by atoms with Crippen LogP contribution in [0.2, 0.25) is 5.02 Å². The summed E-state index contributed by atoms with van der Waals surface area (Å²) in [6, 6.07) is 15.1. The molecule has 3 aromatic rings. The zero-order valence-electron chi connectivity index (χ0n) is 17.4. The molecular weight excluding hydrogens is 449 g/mol. The van der Waals surface area contributed by atoms with Gasteiger partial charge in [-0.3, -0.25) is 19.0 Å². The number of aliphatic hydroxyl groups is 1. The third-order valence-electron chi connectivity index (χ3n) is 5.63. The Kier molecular flexibility index (Phi) is 6.57. The van der Waals surface area contributed by atoms with E-state index in [2.05, 4.69) is 10.6 Å². The van der Waals surface area contributed by atoms with Gasteiger partial charge in [0.25, 0.3) is 5.56 Å². The Bertz CT molecular complexity index is 1240. The van der Waals surface area contributed by atoms with E-state index < -0.39 is 35.6 Å². The smallest absolute Gasteiger partial charge is 0.255 e. The minimum Gasteiger partial charge on any atom is -0.393 e. The van der Waals surface area contributed by atoms with E-state index in [1.165, 1.54) is 29.0 Å². The highest BCUT2D eigenvalue weighted by Gasteiger charge is 2.42. The summed E-state index contributed by atoms with van der Waals surface area (Å²) >= 11 is 5.86. The molecule has 0 saturated heterocycles. The van der Waals surface area contributed by atoms with E-state index in [0.29, 0.717) is 16.4 Å². The normalized spacial score (nSPS) is 19.8. The van der Waals surface area contributed by atoms with Gasteiger partial charge < -0.3 is 15.7 Å². The average Bonchev–Trinajstić information content (AvgIpc) is 3.19. The molecule has 0 aliphatic heterocycles. The van der Waals surface area contributed by atoms with Crippen LogP contribution in [0.25, 0.3) is 5.69 Å². The highest BCUT2D eigenvalue weighted by atomic mass is 35.5. The number of aromatic nitrogens is 1. The van der Waals surface area contributed by atoms with Gasteiger partial charge in [0.15, 0.2) is 0 Å². The summed E-state index contributed by atoms with van der Waals surface area (Å²) in [5, 5.41) is 15.9. The van der Waals surface area contributed by atoms with Crippen LogP contribution < -0.4 is 16.2 Å². The molecular formula is C24H21ClFN3O4. The van der Waals surface area contributed by atoms with Crippen molar-refractivity contribution in [1.29, 1.82) is 0 Å². The lowest BCUT2D eigenvalue weighted by Gasteiger charge is -2.19. The van der Waals surface area contributed by atoms with Gasteiger partial charge in [-0.15, -0.1) is 0 Å². The maximum Gasteiger partial charge on any atom is 0.255 e. The summed E-state index contributed by atoms with van der Waals surface area (Å²) in [6.45, 7) is 0. The van der Waals surface area contributed by atoms with E-state index in [0.717, 1.165) is 6.07 Å². The lowest BCUT2D eigenvalue weighted by atomic mass is 9.94. The number of rotatable bonds is 5. The summed E-state index contributed by atoms with van der Waals surface area (Å²) in [5.41, 5.74) is 0.435. The van der Waals surface area contributed by atoms with Crippen molar-refractivity contribution in [3.63, 3.8) is 0 Å². The summed E-state index contributed by atoms with van der Waals surface area (Å²) in [7, 11) is 0. The van der Waals surface area contributed by atoms with Crippen molar-refractivity contribution in [1.82, 2.24) is 4.57 Å². The monoisotopic (exact) mass is 469 g/mol. The zero-order chi connectivity index (χ0) is 23.5. The summed E-state index contributed by atoms with van der Waals surface area (Å²) in [6.07, 6.45) is 0.900. The number of anilines is 2. The largest absolute Gasteiger partial charge is 0.393 e. The van der Waals surface area contributed by atoms with Crippen LogP contribution in [0, 0.1) is 17.7 Å². The zero-order valence-corrected chi connectivity index (χ0v) is 18.1. The number of pyridine rings is 1. The number of halogens is 2. The Hall–Kier alpha value is -3.49. The lowest BCUT2D eigenvalue weighted by molar-refractivity contribution is -0.128. The third-order valence-corrected chi connectivity index (χ3v) is 5.89. The third kappa shape index (κ3) is 5.13. The van der Waals surface area contributed by atoms with Crippen LogP contribution in [-0.2, 0) is 9.59 Å². The first-order valence-corrected chi connectivity index (χ1v) is 10.7. The van der Waals surface area contributed by atoms with E-state index >= 15 is 0 Å². The van der Waals surface area contributed by atoms with Crippen LogP contribution >= 0.6 is 11.6 Å². The maximum atomic E-state index is 14.7. The molecule has 1 fully saturated rings. The number of hydrogen-bond donors (Lipinski definition) is 3. The number of amides is 2. The number of carbonyl (C=O) groups excluding carboxylic acids is 2. The van der Waals surface area contributed by atoms with Crippen LogP contribution in [0.1, 0.15) is 12.8 Å². The van der Waals surface area contributed by atoms with Crippen LogP contribution in [-0.4, -0.2) is 27.6 Å². The molecule has 1 heterocycles. The molecule has 3 N–H and O–H groups in total. The Morgan fingerprint density at radius 1 is 0.970 bits per heavy atom. The number of nitrogens with zero attached hydrogens (tertiary/aromatic N) is 1. The first kappa shape index (κ1) is 22.7. The van der Waals surface area contributed by atoms with Gasteiger partial charge in [0.2, 0.25) is 11.8 Å². The summed E-state index contributed by atoms with van der Waals surface area (Å²) in [4.78, 5) is 37.6. The van der Waals surface area contributed by atoms with Crippen LogP contribution in [0.3, 0.4) is 0 Å². The van der Waals surface area contributed by atoms with Crippen LogP contribution in [0.4, 0.5) is 15.8 Å². The molecule has 0 radical (unpaired) electrons. The second-order valence-electron chi connectivity index (χ2n) is 7.90. The number of benzene rings is 2. The molecule has 2 amide bonds. The van der Waals surface area contributed by atoms with Crippen molar-refractivity contribution in [2.45, 2.75) is 18.9 Å². The van der Waals surface area contributed by atoms with Crippen molar-refractivity contribution >= 4 is 34.8 Å². The number of aliphatic hydroxyl groups excluding tert-OH is 1. The van der Waals surface area contributed by atoms with Crippen molar-refractivity contribution in [3.8, 4) is 5.69 Å². The van der Waals surface area contributed by atoms with Gasteiger partial charge in [-0.2, -0.15) is 0 Å². The molecule has 1 aromatic heterocycles. The fourth-order valence-electron chi connectivity index (χ4n) is 3.98. The Morgan fingerprint density at radius 3 is 2.27 bits per heavy atom. The Balaban J connectivity index is 1.48. The second kappa shape index (κ2) is 9.56. The van der Waals surface area contributed by atoms with Crippen molar-refractivity contribution in [2.75, 3.05) is 10.6 Å². The molecule has 1 aliphatic carbocycles. The predicted molar refractivity (Wildman–Crippen MR) is 123 cm³/mol. The van der Waals surface area contributed by atoms with Crippen LogP contribution in [0.15, 0.2) is 71.7 Å². The van der Waals surface area contributed by atoms with Gasteiger partial charge in [0, 0.05) is 29.0 Å². The first-order valence-electron chi connectivity index (χ1n) is 10.3. The maximum absolute atomic E-state index is 14.7. The summed E-state index contributed by atoms with van der Waals surface area (Å²) < 4.78 is 16.0. The van der Waals surface area contributed by atoms with Crippen molar-refractivity contribution < 1.29 is 19.1 Å². The predicted octanol–water partition coefficient (Wildman–Crippen LogP) is 3.59. The number of nitrogens with one attached hydrogen (secondary N) is 2. The highest BCUT2D eigenvalue weighted by molar-refractivity contribution is 6.30. The van der Waals surface area contributed by atoms with E-state index in [9.17, 15) is 23.9 Å². The Morgan fingerprint density at radius 2 is 1.64 bits per heavy atom. The fourth-order valence-corrected chi connectivity index (χ4v) is 4.11. The highest BCUT2D eigenvalue weighted by Crippen LogP contribution is 2.34. The number of carbonyl (C=O) groups is 2. The van der Waals surface area contributed by atoms with Gasteiger partial charge in [0.1, 0.15) is 5.82 Å². The average molecular weight is 470 g/mol. The SMILES string of the molecule is O=C(Nc1ccc(Cl)cc1)[C@H]1CC(O)C[C@@H]1C(=O)Nc1ccc(-n2ccccc2=O)cc1F. The van der Waals surface area contributed by atoms with E-state index in [1.807, 2.05) is 0 Å². The van der Waals surface area contributed by atoms with Gasteiger partial charge in [0.05, 0.1) is 29.3 Å². The van der Waals surface area contributed by atoms with E-state index in [4.69, 9.17) is 11.6 Å². The van der Waals surface area contributed by atoms with Gasteiger partial charge in [-0.25, -0.2) is 4.39 Å². The topological polar surface area (TPSA) is 100 Å². The minimum absolute atomic E-state index is 0.0778. The molecule has 7 nitrogen and oxygen atoms in total. The standard InChI is InChI=1S/C24H21ClFN3O4/c25-14-4-6-15(7-5-14)27-23(32)18-12-17(30)13-19(18)24(33)28-21-9-8-16(11-20(21)26)29-10-2-1-3-22(29)31/h1-11,17-19,30H,12-13H2,(H,27,32)(H,28,33)/t17?,18-,19-/m0/s1. The molecule has 3 atom stereocenters. The second-order valence-corrected chi connectivity index (χ2v) is 8.33. The molecule has 170 valence electrons. The fraction of sp³-hybridized carbons (Fsp3) is 0.208. The number of hydrogen-bond acceptors (Lipinski definition) is 4. The van der Waals surface area contributed by atoms with E-state index in [1.54, 1.807) is 36.4 Å². The quantitative estimate of drug-likeness (QED) is 0.531. The van der Waals surface area contributed by atoms with Crippen molar-refractivity contribution in [3.05, 3.63) is 88.1 Å². The molecule has 1 saturated carbocycles. The van der Waals surface area contributed by atoms with Gasteiger partial charge >= 0.3 is 0 Å². The van der Waals surface area contributed by atoms with E-state index in [-0.39, 0.29) is 24.1 Å². The lowest BCUT2D eigenvalue weighted by Crippen LogP contribution is -2.33. The molecule has 2 aromatic carbocycles. The molecule has 0 spiro atoms. The van der Waals surface area contributed by atoms with Crippen molar-refractivity contribution in [2.24, 2.45) is 11.8 Å². The molecule has 0 bridgehead atoms. The molecule has 1 unspecified atom stereocenters. The van der Waals surface area contributed by atoms with Crippen LogP contribution in [0.5, 0.6) is 0 Å². The minimum atomic E-state index is -0.830. The molecule has 9 heteroatoms. The van der Waals surface area contributed by atoms with Gasteiger partial charge in [-0.05, 0) is 55.3 Å². The summed E-state index contributed by atoms with van der Waals surface area (Å²) in [5.74, 6) is -3.30. The molecule has 33 heavy (non-hydrogen) atoms. The molecule has 1 aliphatic rings. The first-order chi connectivity index (χ1) is 15.8. The molecule has 4 rings (SSSR count). The van der Waals surface area contributed by atoms with Gasteiger partial charge in [-0.1, -0.05) is 17.7 Å². The Labute approximate surface area is 193 Å².